The summed E-state index contributed by atoms with van der Waals surface area (Å²) in [5.41, 5.74) is 0.813. The van der Waals surface area contributed by atoms with Crippen LogP contribution in [0.5, 0.6) is 0 Å². The molecule has 23 heavy (non-hydrogen) atoms. The lowest BCUT2D eigenvalue weighted by Gasteiger charge is -2.14. The zero-order valence-corrected chi connectivity index (χ0v) is 13.9. The number of aryl methyl sites for hydroxylation is 1. The minimum atomic E-state index is -0.968. The van der Waals surface area contributed by atoms with E-state index in [1.165, 1.54) is 25.2 Å². The van der Waals surface area contributed by atoms with E-state index in [0.29, 0.717) is 16.1 Å². The average Bonchev–Trinajstić information content (AvgIpc) is 2.94. The van der Waals surface area contributed by atoms with Gasteiger partial charge in [0.05, 0.1) is 5.69 Å². The first-order chi connectivity index (χ1) is 10.9. The van der Waals surface area contributed by atoms with Crippen LogP contribution in [-0.2, 0) is 9.53 Å². The van der Waals surface area contributed by atoms with Gasteiger partial charge >= 0.3 is 5.97 Å². The van der Waals surface area contributed by atoms with E-state index in [-0.39, 0.29) is 5.78 Å². The van der Waals surface area contributed by atoms with Crippen molar-refractivity contribution in [1.82, 2.24) is 0 Å². The molecule has 2 aromatic rings. The highest BCUT2D eigenvalue weighted by Gasteiger charge is 2.21. The van der Waals surface area contributed by atoms with Crippen molar-refractivity contribution in [3.63, 3.8) is 0 Å². The molecule has 1 N–H and O–H groups in total. The molecule has 0 aliphatic rings. The summed E-state index contributed by atoms with van der Waals surface area (Å²) < 4.78 is 5.16. The molecule has 1 heterocycles. The molecular formula is C17H17NO4S. The molecule has 0 fully saturated rings. The Kier molecular flexibility index (Phi) is 5.28. The maximum absolute atomic E-state index is 12.2. The van der Waals surface area contributed by atoms with Crippen LogP contribution in [0.25, 0.3) is 0 Å². The molecule has 1 amide bonds. The SMILES string of the molecule is CC(=O)c1ccccc1NC(=O)[C@@H](C)OC(=O)c1ccc(C)s1. The molecule has 6 heteroatoms. The standard InChI is InChI=1S/C17H17NO4S/c1-10-8-9-15(23-10)17(21)22-12(3)16(20)18-14-7-5-4-6-13(14)11(2)19/h4-9,12H,1-3H3,(H,18,20)/t12-/m1/s1. The van der Waals surface area contributed by atoms with E-state index in [0.717, 1.165) is 4.88 Å². The number of ketones is 1. The Hall–Kier alpha value is -2.47. The quantitative estimate of drug-likeness (QED) is 0.673. The molecule has 0 spiro atoms. The number of thiophene rings is 1. The number of para-hydroxylation sites is 1. The number of hydrogen-bond acceptors (Lipinski definition) is 5. The van der Waals surface area contributed by atoms with Crippen LogP contribution in [0.4, 0.5) is 5.69 Å². The molecule has 1 aromatic heterocycles. The summed E-state index contributed by atoms with van der Waals surface area (Å²) in [6.07, 6.45) is -0.968. The second kappa shape index (κ2) is 7.19. The zero-order valence-electron chi connectivity index (χ0n) is 13.1. The molecule has 0 aliphatic carbocycles. The smallest absolute Gasteiger partial charge is 0.349 e. The van der Waals surface area contributed by atoms with Crippen molar-refractivity contribution in [2.75, 3.05) is 5.32 Å². The van der Waals surface area contributed by atoms with E-state index in [1.54, 1.807) is 30.3 Å². The summed E-state index contributed by atoms with van der Waals surface area (Å²) in [5.74, 6) is -1.18. The minimum Gasteiger partial charge on any atom is -0.448 e. The molecule has 0 saturated heterocycles. The van der Waals surface area contributed by atoms with Gasteiger partial charge in [-0.25, -0.2) is 4.79 Å². The Morgan fingerprint density at radius 2 is 1.83 bits per heavy atom. The van der Waals surface area contributed by atoms with Crippen molar-refractivity contribution in [2.24, 2.45) is 0 Å². The predicted molar refractivity (Wildman–Crippen MR) is 89.0 cm³/mol. The number of hydrogen-bond donors (Lipinski definition) is 1. The molecule has 120 valence electrons. The van der Waals surface area contributed by atoms with Gasteiger partial charge in [-0.2, -0.15) is 0 Å². The number of esters is 1. The van der Waals surface area contributed by atoms with Crippen LogP contribution >= 0.6 is 11.3 Å². The lowest BCUT2D eigenvalue weighted by molar-refractivity contribution is -0.123. The van der Waals surface area contributed by atoms with Crippen LogP contribution in [-0.4, -0.2) is 23.8 Å². The van der Waals surface area contributed by atoms with E-state index in [1.807, 2.05) is 13.0 Å². The number of Topliss-reactive ketones (excluding diaryl/α,β-unsaturated/α-hetero) is 1. The van der Waals surface area contributed by atoms with Gasteiger partial charge in [-0.1, -0.05) is 12.1 Å². The molecule has 1 atom stereocenters. The Bertz CT molecular complexity index is 751. The van der Waals surface area contributed by atoms with Gasteiger partial charge in [-0.15, -0.1) is 11.3 Å². The maximum Gasteiger partial charge on any atom is 0.349 e. The molecule has 0 unspecified atom stereocenters. The first kappa shape index (κ1) is 16.9. The van der Waals surface area contributed by atoms with E-state index in [9.17, 15) is 14.4 Å². The maximum atomic E-state index is 12.2. The van der Waals surface area contributed by atoms with Gasteiger partial charge in [-0.3, -0.25) is 9.59 Å². The number of carbonyl (C=O) groups excluding carboxylic acids is 3. The fourth-order valence-corrected chi connectivity index (χ4v) is 2.70. The molecule has 5 nitrogen and oxygen atoms in total. The highest BCUT2D eigenvalue weighted by Crippen LogP contribution is 2.18. The van der Waals surface area contributed by atoms with Crippen LogP contribution in [0.3, 0.4) is 0 Å². The second-order valence-corrected chi connectivity index (χ2v) is 6.34. The highest BCUT2D eigenvalue weighted by molar-refractivity contribution is 7.13. The number of nitrogens with one attached hydrogen (secondary N) is 1. The summed E-state index contributed by atoms with van der Waals surface area (Å²) in [6, 6.07) is 10.2. The number of benzene rings is 1. The van der Waals surface area contributed by atoms with E-state index >= 15 is 0 Å². The predicted octanol–water partition coefficient (Wildman–Crippen LogP) is 3.44. The highest BCUT2D eigenvalue weighted by atomic mass is 32.1. The van der Waals surface area contributed by atoms with Crippen molar-refractivity contribution >= 4 is 34.7 Å². The van der Waals surface area contributed by atoms with Crippen LogP contribution < -0.4 is 5.32 Å². The first-order valence-corrected chi connectivity index (χ1v) is 7.88. The summed E-state index contributed by atoms with van der Waals surface area (Å²) in [5, 5.41) is 2.62. The van der Waals surface area contributed by atoms with Gasteiger partial charge in [0, 0.05) is 10.4 Å². The Labute approximate surface area is 138 Å². The van der Waals surface area contributed by atoms with Crippen molar-refractivity contribution in [1.29, 1.82) is 0 Å². The second-order valence-electron chi connectivity index (χ2n) is 5.05. The van der Waals surface area contributed by atoms with Gasteiger partial charge in [-0.05, 0) is 45.0 Å². The van der Waals surface area contributed by atoms with Crippen molar-refractivity contribution in [2.45, 2.75) is 26.9 Å². The number of carbonyl (C=O) groups is 3. The number of ether oxygens (including phenoxy) is 1. The van der Waals surface area contributed by atoms with E-state index in [2.05, 4.69) is 5.32 Å². The van der Waals surface area contributed by atoms with Crippen LogP contribution in [0, 0.1) is 6.92 Å². The summed E-state index contributed by atoms with van der Waals surface area (Å²) in [6.45, 7) is 4.80. The van der Waals surface area contributed by atoms with E-state index in [4.69, 9.17) is 4.74 Å². The van der Waals surface area contributed by atoms with Gasteiger partial charge in [0.25, 0.3) is 5.91 Å². The summed E-state index contributed by atoms with van der Waals surface area (Å²) >= 11 is 1.31. The largest absolute Gasteiger partial charge is 0.448 e. The van der Waals surface area contributed by atoms with Crippen LogP contribution in [0.1, 0.15) is 38.8 Å². The first-order valence-electron chi connectivity index (χ1n) is 7.06. The monoisotopic (exact) mass is 331 g/mol. The molecule has 0 bridgehead atoms. The van der Waals surface area contributed by atoms with Crippen molar-refractivity contribution < 1.29 is 19.1 Å². The fraction of sp³-hybridized carbons (Fsp3) is 0.235. The normalized spacial score (nSPS) is 11.6. The van der Waals surface area contributed by atoms with Gasteiger partial charge < -0.3 is 10.1 Å². The summed E-state index contributed by atoms with van der Waals surface area (Å²) in [7, 11) is 0. The van der Waals surface area contributed by atoms with E-state index < -0.39 is 18.0 Å². The Morgan fingerprint density at radius 1 is 1.13 bits per heavy atom. The van der Waals surface area contributed by atoms with Gasteiger partial charge in [0.1, 0.15) is 4.88 Å². The lowest BCUT2D eigenvalue weighted by Crippen LogP contribution is -2.30. The molecule has 1 aromatic carbocycles. The van der Waals surface area contributed by atoms with Gasteiger partial charge in [0.15, 0.2) is 11.9 Å². The molecule has 0 saturated carbocycles. The molecular weight excluding hydrogens is 314 g/mol. The number of amides is 1. The topological polar surface area (TPSA) is 72.5 Å². The minimum absolute atomic E-state index is 0.153. The zero-order chi connectivity index (χ0) is 17.0. The fourth-order valence-electron chi connectivity index (χ4n) is 1.95. The summed E-state index contributed by atoms with van der Waals surface area (Å²) in [4.78, 5) is 37.1. The third-order valence-electron chi connectivity index (χ3n) is 3.16. The molecule has 2 rings (SSSR count). The Morgan fingerprint density at radius 3 is 2.43 bits per heavy atom. The van der Waals surface area contributed by atoms with Crippen LogP contribution in [0.15, 0.2) is 36.4 Å². The van der Waals surface area contributed by atoms with Crippen molar-refractivity contribution in [3.8, 4) is 0 Å². The molecule has 0 aliphatic heterocycles. The third-order valence-corrected chi connectivity index (χ3v) is 4.14. The Balaban J connectivity index is 2.03. The third kappa shape index (κ3) is 4.26. The average molecular weight is 331 g/mol. The number of rotatable bonds is 5. The number of anilines is 1. The van der Waals surface area contributed by atoms with Crippen LogP contribution in [0.2, 0.25) is 0 Å². The van der Waals surface area contributed by atoms with Crippen molar-refractivity contribution in [3.05, 3.63) is 51.7 Å². The van der Waals surface area contributed by atoms with Gasteiger partial charge in [0.2, 0.25) is 0 Å². The molecule has 0 radical (unpaired) electrons. The lowest BCUT2D eigenvalue weighted by atomic mass is 10.1.